The Morgan fingerprint density at radius 3 is 2.44 bits per heavy atom. The van der Waals surface area contributed by atoms with Crippen molar-refractivity contribution in [3.05, 3.63) is 63.2 Å². The van der Waals surface area contributed by atoms with Gasteiger partial charge in [0.25, 0.3) is 0 Å². The van der Waals surface area contributed by atoms with Crippen LogP contribution < -0.4 is 10.1 Å². The number of likely N-dealkylation sites (tertiary alicyclic amines) is 1. The molecule has 2 N–H and O–H groups in total. The van der Waals surface area contributed by atoms with Crippen LogP contribution in [0.2, 0.25) is 5.02 Å². The summed E-state index contributed by atoms with van der Waals surface area (Å²) in [5.41, 5.74) is 1.50. The predicted molar refractivity (Wildman–Crippen MR) is 136 cm³/mol. The zero-order valence-electron chi connectivity index (χ0n) is 21.2. The first-order chi connectivity index (χ1) is 17.0. The molecular weight excluding hydrogens is 493 g/mol. The molecule has 36 heavy (non-hydrogen) atoms. The Kier molecular flexibility index (Phi) is 10.1. The molecule has 0 aliphatic carbocycles. The molecule has 0 saturated carbocycles. The molecule has 0 spiro atoms. The summed E-state index contributed by atoms with van der Waals surface area (Å²) in [5, 5.41) is 14.1. The second kappa shape index (κ2) is 12.6. The van der Waals surface area contributed by atoms with Crippen LogP contribution in [0.5, 0.6) is 5.75 Å². The van der Waals surface area contributed by atoms with Gasteiger partial charge in [0.2, 0.25) is 0 Å². The monoisotopic (exact) mass is 528 g/mol. The quantitative estimate of drug-likeness (QED) is 0.379. The summed E-state index contributed by atoms with van der Waals surface area (Å²) < 4.78 is 50.8. The minimum atomic E-state index is -4.56. The van der Waals surface area contributed by atoms with Gasteiger partial charge in [0.05, 0.1) is 29.4 Å². The maximum Gasteiger partial charge on any atom is 0.417 e. The number of methoxy groups -OCH3 is 1. The second-order valence-electron chi connectivity index (χ2n) is 9.42. The van der Waals surface area contributed by atoms with Crippen molar-refractivity contribution in [2.75, 3.05) is 46.5 Å². The van der Waals surface area contributed by atoms with Crippen LogP contribution in [0.15, 0.2) is 30.3 Å². The van der Waals surface area contributed by atoms with E-state index >= 15 is 0 Å². The number of benzene rings is 2. The fraction of sp³-hybridized carbons (Fsp3) is 0.556. The molecule has 0 unspecified atom stereocenters. The van der Waals surface area contributed by atoms with Crippen LogP contribution in [0, 0.1) is 13.8 Å². The van der Waals surface area contributed by atoms with Crippen molar-refractivity contribution < 1.29 is 27.8 Å². The lowest BCUT2D eigenvalue weighted by Crippen LogP contribution is -2.42. The number of nitrogens with one attached hydrogen (secondary N) is 1. The first kappa shape index (κ1) is 28.7. The van der Waals surface area contributed by atoms with Crippen LogP contribution >= 0.6 is 11.6 Å². The number of nitrogens with zero attached hydrogens (tertiary/aromatic N) is 1. The van der Waals surface area contributed by atoms with Crippen molar-refractivity contribution >= 4 is 11.6 Å². The van der Waals surface area contributed by atoms with Crippen molar-refractivity contribution in [1.29, 1.82) is 0 Å². The molecule has 9 heteroatoms. The lowest BCUT2D eigenvalue weighted by atomic mass is 9.83. The minimum absolute atomic E-state index is 0.265. The summed E-state index contributed by atoms with van der Waals surface area (Å²) in [6.45, 7) is 9.01. The standard InChI is InChI=1S/C27H36ClF3N2O3/c1-19-20(2)25(36-15-4-11-32-12-16-35-3)8-5-21(19)18-33-13-9-26(34,10-14-33)22-6-7-24(28)23(17-22)27(29,30)31/h5-8,17,32,34H,4,9-16,18H2,1-3H3. The highest BCUT2D eigenvalue weighted by atomic mass is 35.5. The number of hydrogen-bond donors (Lipinski definition) is 2. The summed E-state index contributed by atoms with van der Waals surface area (Å²) in [6.07, 6.45) is -2.96. The van der Waals surface area contributed by atoms with Gasteiger partial charge >= 0.3 is 6.18 Å². The van der Waals surface area contributed by atoms with Crippen LogP contribution in [0.25, 0.3) is 0 Å². The lowest BCUT2D eigenvalue weighted by Gasteiger charge is -2.39. The van der Waals surface area contributed by atoms with E-state index in [1.807, 2.05) is 6.07 Å². The van der Waals surface area contributed by atoms with E-state index in [9.17, 15) is 18.3 Å². The molecule has 2 aromatic carbocycles. The van der Waals surface area contributed by atoms with Crippen molar-refractivity contribution in [3.63, 3.8) is 0 Å². The van der Waals surface area contributed by atoms with E-state index in [2.05, 4.69) is 30.1 Å². The fourth-order valence-electron chi connectivity index (χ4n) is 4.50. The van der Waals surface area contributed by atoms with Crippen LogP contribution in [-0.2, 0) is 23.1 Å². The summed E-state index contributed by atoms with van der Waals surface area (Å²) >= 11 is 5.75. The van der Waals surface area contributed by atoms with Crippen molar-refractivity contribution in [1.82, 2.24) is 10.2 Å². The van der Waals surface area contributed by atoms with Gasteiger partial charge in [-0.25, -0.2) is 0 Å². The molecule has 2 aromatic rings. The molecule has 0 bridgehead atoms. The zero-order chi connectivity index (χ0) is 26.3. The first-order valence-corrected chi connectivity index (χ1v) is 12.7. The molecule has 0 radical (unpaired) electrons. The Labute approximate surface area is 216 Å². The third kappa shape index (κ3) is 7.35. The van der Waals surface area contributed by atoms with Gasteiger partial charge in [0, 0.05) is 33.3 Å². The van der Waals surface area contributed by atoms with Crippen molar-refractivity contribution in [2.24, 2.45) is 0 Å². The Bertz CT molecular complexity index is 1010. The lowest BCUT2D eigenvalue weighted by molar-refractivity contribution is -0.137. The molecule has 5 nitrogen and oxygen atoms in total. The van der Waals surface area contributed by atoms with E-state index < -0.39 is 17.3 Å². The van der Waals surface area contributed by atoms with Crippen molar-refractivity contribution in [2.45, 2.75) is 51.4 Å². The molecule has 200 valence electrons. The Morgan fingerprint density at radius 1 is 1.06 bits per heavy atom. The van der Waals surface area contributed by atoms with E-state index in [-0.39, 0.29) is 10.6 Å². The highest BCUT2D eigenvalue weighted by Gasteiger charge is 2.38. The number of piperidine rings is 1. The largest absolute Gasteiger partial charge is 0.493 e. The fourth-order valence-corrected chi connectivity index (χ4v) is 4.73. The van der Waals surface area contributed by atoms with Crippen LogP contribution in [-0.4, -0.2) is 56.5 Å². The Balaban J connectivity index is 1.55. The van der Waals surface area contributed by atoms with Crippen LogP contribution in [0.1, 0.15) is 47.1 Å². The average molecular weight is 529 g/mol. The van der Waals surface area contributed by atoms with Crippen molar-refractivity contribution in [3.8, 4) is 5.75 Å². The summed E-state index contributed by atoms with van der Waals surface area (Å²) in [7, 11) is 1.68. The Hall–Kier alpha value is -1.84. The van der Waals surface area contributed by atoms with Gasteiger partial charge in [0.15, 0.2) is 0 Å². The number of ether oxygens (including phenoxy) is 2. The topological polar surface area (TPSA) is 54.0 Å². The summed E-state index contributed by atoms with van der Waals surface area (Å²) in [5.74, 6) is 0.879. The molecular formula is C27H36ClF3N2O3. The van der Waals surface area contributed by atoms with Gasteiger partial charge in [-0.1, -0.05) is 23.7 Å². The highest BCUT2D eigenvalue weighted by Crippen LogP contribution is 2.40. The maximum atomic E-state index is 13.3. The van der Waals surface area contributed by atoms with E-state index in [0.717, 1.165) is 36.9 Å². The van der Waals surface area contributed by atoms with E-state index in [4.69, 9.17) is 21.1 Å². The van der Waals surface area contributed by atoms with Gasteiger partial charge in [-0.3, -0.25) is 4.90 Å². The SMILES string of the molecule is COCCNCCCOc1ccc(CN2CCC(O)(c3ccc(Cl)c(C(F)(F)F)c3)CC2)c(C)c1C. The van der Waals surface area contributed by atoms with Gasteiger partial charge in [-0.05, 0) is 80.1 Å². The smallest absolute Gasteiger partial charge is 0.417 e. The molecule has 1 fully saturated rings. The molecule has 0 amide bonds. The van der Waals surface area contributed by atoms with Crippen LogP contribution in [0.4, 0.5) is 13.2 Å². The van der Waals surface area contributed by atoms with E-state index in [1.165, 1.54) is 23.3 Å². The van der Waals surface area contributed by atoms with Gasteiger partial charge < -0.3 is 19.9 Å². The molecule has 0 aromatic heterocycles. The van der Waals surface area contributed by atoms with Gasteiger partial charge in [0.1, 0.15) is 5.75 Å². The molecule has 1 aliphatic rings. The minimum Gasteiger partial charge on any atom is -0.493 e. The molecule has 0 atom stereocenters. The normalized spacial score (nSPS) is 16.3. The maximum absolute atomic E-state index is 13.3. The summed E-state index contributed by atoms with van der Waals surface area (Å²) in [6, 6.07) is 7.78. The second-order valence-corrected chi connectivity index (χ2v) is 9.82. The number of halogens is 4. The number of aliphatic hydroxyl groups is 1. The molecule has 1 aliphatic heterocycles. The number of rotatable bonds is 11. The Morgan fingerprint density at radius 2 is 1.78 bits per heavy atom. The van der Waals surface area contributed by atoms with Gasteiger partial charge in [-0.2, -0.15) is 13.2 Å². The molecule has 1 saturated heterocycles. The number of alkyl halides is 3. The van der Waals surface area contributed by atoms with Crippen LogP contribution in [0.3, 0.4) is 0 Å². The number of hydrogen-bond acceptors (Lipinski definition) is 5. The third-order valence-electron chi connectivity index (χ3n) is 6.97. The summed E-state index contributed by atoms with van der Waals surface area (Å²) in [4.78, 5) is 2.23. The molecule has 3 rings (SSSR count). The zero-order valence-corrected chi connectivity index (χ0v) is 21.9. The highest BCUT2D eigenvalue weighted by molar-refractivity contribution is 6.31. The predicted octanol–water partition coefficient (Wildman–Crippen LogP) is 5.46. The average Bonchev–Trinajstić information content (AvgIpc) is 2.83. The van der Waals surface area contributed by atoms with E-state index in [0.29, 0.717) is 45.7 Å². The van der Waals surface area contributed by atoms with E-state index in [1.54, 1.807) is 7.11 Å². The third-order valence-corrected chi connectivity index (χ3v) is 7.30. The van der Waals surface area contributed by atoms with Gasteiger partial charge in [-0.15, -0.1) is 0 Å². The molecule has 1 heterocycles. The first-order valence-electron chi connectivity index (χ1n) is 12.3.